The van der Waals surface area contributed by atoms with E-state index < -0.39 is 0 Å². The molecule has 16 heavy (non-hydrogen) atoms. The SMILES string of the molecule is C[C@H](CN)CC(=O)NCc1cccc(F)c1. The molecule has 1 rings (SSSR count). The first kappa shape index (κ1) is 12.6. The van der Waals surface area contributed by atoms with Crippen molar-refractivity contribution in [2.75, 3.05) is 6.54 Å². The van der Waals surface area contributed by atoms with Gasteiger partial charge >= 0.3 is 0 Å². The van der Waals surface area contributed by atoms with Gasteiger partial charge in [-0.25, -0.2) is 4.39 Å². The average Bonchev–Trinajstić information content (AvgIpc) is 2.26. The van der Waals surface area contributed by atoms with Gasteiger partial charge in [-0.2, -0.15) is 0 Å². The maximum absolute atomic E-state index is 12.8. The average molecular weight is 224 g/mol. The molecule has 0 spiro atoms. The summed E-state index contributed by atoms with van der Waals surface area (Å²) >= 11 is 0. The van der Waals surface area contributed by atoms with Gasteiger partial charge in [0.05, 0.1) is 0 Å². The van der Waals surface area contributed by atoms with Crippen LogP contribution in [0.15, 0.2) is 24.3 Å². The zero-order valence-electron chi connectivity index (χ0n) is 9.37. The Kier molecular flexibility index (Phi) is 4.92. The van der Waals surface area contributed by atoms with Crippen molar-refractivity contribution < 1.29 is 9.18 Å². The van der Waals surface area contributed by atoms with E-state index in [1.54, 1.807) is 12.1 Å². The predicted octanol–water partition coefficient (Wildman–Crippen LogP) is 1.43. The quantitative estimate of drug-likeness (QED) is 0.795. The third kappa shape index (κ3) is 4.40. The van der Waals surface area contributed by atoms with Gasteiger partial charge in [-0.1, -0.05) is 19.1 Å². The molecule has 0 bridgehead atoms. The van der Waals surface area contributed by atoms with Crippen molar-refractivity contribution in [3.8, 4) is 0 Å². The van der Waals surface area contributed by atoms with Crippen LogP contribution in [0.3, 0.4) is 0 Å². The van der Waals surface area contributed by atoms with Gasteiger partial charge in [-0.3, -0.25) is 4.79 Å². The van der Waals surface area contributed by atoms with Crippen molar-refractivity contribution in [2.24, 2.45) is 11.7 Å². The molecule has 0 radical (unpaired) electrons. The standard InChI is InChI=1S/C12H17FN2O/c1-9(7-14)5-12(16)15-8-10-3-2-4-11(13)6-10/h2-4,6,9H,5,7-8,14H2,1H3,(H,15,16)/t9-/m0/s1. The molecule has 4 heteroatoms. The first-order valence-corrected chi connectivity index (χ1v) is 5.33. The molecule has 0 aliphatic heterocycles. The summed E-state index contributed by atoms with van der Waals surface area (Å²) < 4.78 is 12.8. The van der Waals surface area contributed by atoms with Crippen molar-refractivity contribution in [3.63, 3.8) is 0 Å². The Morgan fingerprint density at radius 2 is 2.31 bits per heavy atom. The lowest BCUT2D eigenvalue weighted by Gasteiger charge is -2.09. The minimum atomic E-state index is -0.290. The second-order valence-electron chi connectivity index (χ2n) is 3.95. The number of rotatable bonds is 5. The lowest BCUT2D eigenvalue weighted by atomic mass is 10.1. The van der Waals surface area contributed by atoms with E-state index in [-0.39, 0.29) is 17.6 Å². The van der Waals surface area contributed by atoms with Gasteiger partial charge in [-0.05, 0) is 30.2 Å². The molecule has 0 aliphatic carbocycles. The van der Waals surface area contributed by atoms with Crippen LogP contribution < -0.4 is 11.1 Å². The molecule has 3 N–H and O–H groups in total. The Morgan fingerprint density at radius 3 is 2.94 bits per heavy atom. The van der Waals surface area contributed by atoms with E-state index in [2.05, 4.69) is 5.32 Å². The summed E-state index contributed by atoms with van der Waals surface area (Å²) in [5.41, 5.74) is 6.18. The van der Waals surface area contributed by atoms with Crippen LogP contribution in [0.25, 0.3) is 0 Å². The summed E-state index contributed by atoms with van der Waals surface area (Å²) in [6, 6.07) is 6.18. The van der Waals surface area contributed by atoms with Crippen LogP contribution in [0, 0.1) is 11.7 Å². The second kappa shape index (κ2) is 6.23. The van der Waals surface area contributed by atoms with Crippen LogP contribution in [-0.4, -0.2) is 12.5 Å². The normalized spacial score (nSPS) is 12.2. The van der Waals surface area contributed by atoms with Crippen LogP contribution in [0.5, 0.6) is 0 Å². The molecule has 0 unspecified atom stereocenters. The Balaban J connectivity index is 2.37. The van der Waals surface area contributed by atoms with Crippen molar-refractivity contribution in [1.82, 2.24) is 5.32 Å². The molecule has 0 aromatic heterocycles. The summed E-state index contributed by atoms with van der Waals surface area (Å²) in [5, 5.41) is 2.73. The molecule has 3 nitrogen and oxygen atoms in total. The highest BCUT2D eigenvalue weighted by molar-refractivity contribution is 5.76. The molecule has 0 heterocycles. The molecule has 0 fully saturated rings. The predicted molar refractivity (Wildman–Crippen MR) is 61.1 cm³/mol. The molecule has 1 aromatic rings. The van der Waals surface area contributed by atoms with Gasteiger partial charge in [0, 0.05) is 13.0 Å². The number of nitrogens with one attached hydrogen (secondary N) is 1. The molecule has 1 amide bonds. The van der Waals surface area contributed by atoms with Gasteiger partial charge in [-0.15, -0.1) is 0 Å². The molecule has 88 valence electrons. The van der Waals surface area contributed by atoms with E-state index in [4.69, 9.17) is 5.73 Å². The number of nitrogens with two attached hydrogens (primary N) is 1. The summed E-state index contributed by atoms with van der Waals surface area (Å²) in [6.45, 7) is 2.77. The summed E-state index contributed by atoms with van der Waals surface area (Å²) in [5.74, 6) is -0.170. The highest BCUT2D eigenvalue weighted by atomic mass is 19.1. The van der Waals surface area contributed by atoms with Gasteiger partial charge < -0.3 is 11.1 Å². The fourth-order valence-electron chi connectivity index (χ4n) is 1.32. The van der Waals surface area contributed by atoms with Gasteiger partial charge in [0.1, 0.15) is 5.82 Å². The number of amides is 1. The maximum atomic E-state index is 12.8. The van der Waals surface area contributed by atoms with E-state index in [9.17, 15) is 9.18 Å². The van der Waals surface area contributed by atoms with E-state index in [0.29, 0.717) is 19.5 Å². The van der Waals surface area contributed by atoms with Crippen LogP contribution in [-0.2, 0) is 11.3 Å². The van der Waals surface area contributed by atoms with E-state index in [0.717, 1.165) is 5.56 Å². The Morgan fingerprint density at radius 1 is 1.56 bits per heavy atom. The summed E-state index contributed by atoms with van der Waals surface area (Å²) in [4.78, 5) is 11.4. The lowest BCUT2D eigenvalue weighted by Crippen LogP contribution is -2.26. The number of benzene rings is 1. The Labute approximate surface area is 94.8 Å². The fourth-order valence-corrected chi connectivity index (χ4v) is 1.32. The maximum Gasteiger partial charge on any atom is 0.220 e. The zero-order valence-corrected chi connectivity index (χ0v) is 9.37. The third-order valence-corrected chi connectivity index (χ3v) is 2.31. The van der Waals surface area contributed by atoms with E-state index in [1.807, 2.05) is 6.92 Å². The zero-order chi connectivity index (χ0) is 12.0. The van der Waals surface area contributed by atoms with Gasteiger partial charge in [0.25, 0.3) is 0 Å². The largest absolute Gasteiger partial charge is 0.352 e. The number of carbonyl (C=O) groups excluding carboxylic acids is 1. The molecule has 1 atom stereocenters. The van der Waals surface area contributed by atoms with Crippen molar-refractivity contribution in [2.45, 2.75) is 19.9 Å². The molecular weight excluding hydrogens is 207 g/mol. The summed E-state index contributed by atoms with van der Waals surface area (Å²) in [7, 11) is 0. The van der Waals surface area contributed by atoms with Crippen LogP contribution >= 0.6 is 0 Å². The minimum absolute atomic E-state index is 0.0535. The smallest absolute Gasteiger partial charge is 0.220 e. The Hall–Kier alpha value is -1.42. The van der Waals surface area contributed by atoms with Crippen molar-refractivity contribution >= 4 is 5.91 Å². The van der Waals surface area contributed by atoms with Crippen molar-refractivity contribution in [3.05, 3.63) is 35.6 Å². The third-order valence-electron chi connectivity index (χ3n) is 2.31. The number of carbonyl (C=O) groups is 1. The molecule has 0 saturated heterocycles. The van der Waals surface area contributed by atoms with E-state index in [1.165, 1.54) is 12.1 Å². The first-order valence-electron chi connectivity index (χ1n) is 5.33. The van der Waals surface area contributed by atoms with Crippen LogP contribution in [0.4, 0.5) is 4.39 Å². The topological polar surface area (TPSA) is 55.1 Å². The van der Waals surface area contributed by atoms with Gasteiger partial charge in [0.2, 0.25) is 5.91 Å². The minimum Gasteiger partial charge on any atom is -0.352 e. The fraction of sp³-hybridized carbons (Fsp3) is 0.417. The monoisotopic (exact) mass is 224 g/mol. The Bertz CT molecular complexity index is 355. The number of halogens is 1. The second-order valence-corrected chi connectivity index (χ2v) is 3.95. The van der Waals surface area contributed by atoms with Crippen molar-refractivity contribution in [1.29, 1.82) is 0 Å². The highest BCUT2D eigenvalue weighted by Crippen LogP contribution is 2.04. The number of hydrogen-bond donors (Lipinski definition) is 2. The van der Waals surface area contributed by atoms with E-state index >= 15 is 0 Å². The highest BCUT2D eigenvalue weighted by Gasteiger charge is 2.06. The van der Waals surface area contributed by atoms with Gasteiger partial charge in [0.15, 0.2) is 0 Å². The molecule has 1 aromatic carbocycles. The number of hydrogen-bond acceptors (Lipinski definition) is 2. The first-order chi connectivity index (χ1) is 7.61. The summed E-state index contributed by atoms with van der Waals surface area (Å²) in [6.07, 6.45) is 0.409. The molecule has 0 saturated carbocycles. The van der Waals surface area contributed by atoms with Crippen LogP contribution in [0.2, 0.25) is 0 Å². The van der Waals surface area contributed by atoms with Crippen LogP contribution in [0.1, 0.15) is 18.9 Å². The molecular formula is C12H17FN2O. The molecule has 0 aliphatic rings. The lowest BCUT2D eigenvalue weighted by molar-refractivity contribution is -0.122.